The molecule has 0 aromatic heterocycles. The van der Waals surface area contributed by atoms with Crippen LogP contribution < -0.4 is 5.32 Å². The highest BCUT2D eigenvalue weighted by atomic mass is 16.5. The maximum Gasteiger partial charge on any atom is 0.305 e. The van der Waals surface area contributed by atoms with Crippen LogP contribution in [0.25, 0.3) is 0 Å². The summed E-state index contributed by atoms with van der Waals surface area (Å²) in [7, 11) is 0. The van der Waals surface area contributed by atoms with Gasteiger partial charge >= 0.3 is 5.97 Å². The van der Waals surface area contributed by atoms with Crippen molar-refractivity contribution in [3.8, 4) is 0 Å². The van der Waals surface area contributed by atoms with Gasteiger partial charge in [0, 0.05) is 12.8 Å². The predicted molar refractivity (Wildman–Crippen MR) is 379 cm³/mol. The summed E-state index contributed by atoms with van der Waals surface area (Å²) in [5.74, 6) is -0.0493. The summed E-state index contributed by atoms with van der Waals surface area (Å²) in [6, 6.07) is -0.628. The van der Waals surface area contributed by atoms with E-state index in [4.69, 9.17) is 4.74 Å². The first-order valence-corrected chi connectivity index (χ1v) is 38.9. The van der Waals surface area contributed by atoms with Gasteiger partial charge in [0.05, 0.1) is 25.4 Å². The van der Waals surface area contributed by atoms with Gasteiger partial charge in [-0.2, -0.15) is 0 Å². The fourth-order valence-electron chi connectivity index (χ4n) is 12.1. The van der Waals surface area contributed by atoms with Crippen LogP contribution in [-0.4, -0.2) is 47.4 Å². The zero-order valence-electron chi connectivity index (χ0n) is 58.1. The summed E-state index contributed by atoms with van der Waals surface area (Å²) < 4.78 is 5.51. The van der Waals surface area contributed by atoms with Crippen molar-refractivity contribution in [2.45, 2.75) is 437 Å². The van der Waals surface area contributed by atoms with E-state index in [1.54, 1.807) is 6.08 Å². The Kier molecular flexibility index (Phi) is 73.4. The number of esters is 1. The van der Waals surface area contributed by atoms with E-state index in [2.05, 4.69) is 55.6 Å². The molecule has 0 heterocycles. The van der Waals surface area contributed by atoms with E-state index in [1.165, 1.54) is 347 Å². The fraction of sp³-hybridized carbons (Fsp3) is 0.875. The summed E-state index contributed by atoms with van der Waals surface area (Å²) in [6.45, 7) is 4.92. The van der Waals surface area contributed by atoms with Crippen LogP contribution in [0, 0.1) is 0 Å². The summed E-state index contributed by atoms with van der Waals surface area (Å²) in [5, 5.41) is 23.3. The molecule has 1 amide bonds. The van der Waals surface area contributed by atoms with Crippen LogP contribution in [-0.2, 0) is 14.3 Å². The Hall–Kier alpha value is -2.18. The van der Waals surface area contributed by atoms with E-state index in [0.29, 0.717) is 19.4 Å². The topological polar surface area (TPSA) is 95.9 Å². The van der Waals surface area contributed by atoms with Crippen LogP contribution in [0.1, 0.15) is 425 Å². The van der Waals surface area contributed by atoms with E-state index in [9.17, 15) is 19.8 Å². The second-order valence-corrected chi connectivity index (χ2v) is 26.7. The molecule has 2 atom stereocenters. The lowest BCUT2D eigenvalue weighted by atomic mass is 10.0. The van der Waals surface area contributed by atoms with Gasteiger partial charge in [-0.25, -0.2) is 0 Å². The first-order chi connectivity index (χ1) is 42.5. The highest BCUT2D eigenvalue weighted by Crippen LogP contribution is 2.19. The molecular formula is C80H151NO5. The van der Waals surface area contributed by atoms with E-state index in [0.717, 1.165) is 51.4 Å². The highest BCUT2D eigenvalue weighted by molar-refractivity contribution is 5.76. The molecule has 0 radical (unpaired) electrons. The summed E-state index contributed by atoms with van der Waals surface area (Å²) >= 11 is 0. The Labute approximate surface area is 537 Å². The van der Waals surface area contributed by atoms with Crippen LogP contribution in [0.5, 0.6) is 0 Å². The van der Waals surface area contributed by atoms with Gasteiger partial charge in [-0.3, -0.25) is 9.59 Å². The number of aliphatic hydroxyl groups is 2. The lowest BCUT2D eigenvalue weighted by Crippen LogP contribution is -2.45. The molecule has 0 fully saturated rings. The van der Waals surface area contributed by atoms with Gasteiger partial charge in [0.15, 0.2) is 0 Å². The van der Waals surface area contributed by atoms with Crippen molar-refractivity contribution < 1.29 is 24.5 Å². The average molecular weight is 1210 g/mol. The number of carbonyl (C=O) groups is 2. The van der Waals surface area contributed by atoms with Crippen LogP contribution in [0.15, 0.2) is 48.6 Å². The zero-order valence-corrected chi connectivity index (χ0v) is 58.1. The van der Waals surface area contributed by atoms with Gasteiger partial charge in [-0.15, -0.1) is 0 Å². The number of unbranched alkanes of at least 4 members (excludes halogenated alkanes) is 56. The predicted octanol–water partition coefficient (Wildman–Crippen LogP) is 25.6. The Morgan fingerprint density at radius 1 is 0.326 bits per heavy atom. The molecule has 0 aromatic rings. The third-order valence-electron chi connectivity index (χ3n) is 18.1. The van der Waals surface area contributed by atoms with E-state index < -0.39 is 12.1 Å². The zero-order chi connectivity index (χ0) is 62.0. The monoisotopic (exact) mass is 1210 g/mol. The van der Waals surface area contributed by atoms with E-state index >= 15 is 0 Å². The van der Waals surface area contributed by atoms with Crippen molar-refractivity contribution in [3.63, 3.8) is 0 Å². The van der Waals surface area contributed by atoms with Crippen LogP contribution in [0.4, 0.5) is 0 Å². The molecular weight excluding hydrogens is 1050 g/mol. The molecule has 0 aliphatic heterocycles. The van der Waals surface area contributed by atoms with Gasteiger partial charge in [0.2, 0.25) is 5.91 Å². The standard InChI is InChI=1S/C80H151NO5/c1-3-5-7-9-11-13-15-17-19-21-23-37-40-44-48-52-56-60-64-68-72-78(83)77(76-82)81-79(84)73-69-65-61-57-53-49-45-41-38-34-32-30-28-26-24-25-27-29-31-33-35-39-43-47-51-55-59-63-67-71-75-86-80(85)74-70-66-62-58-54-50-46-42-36-22-20-18-16-14-12-10-8-6-4-2/h12,14,18,20,25,27,68,72,77-78,82-83H,3-11,13,15-17,19,21-24,26,28-67,69-71,73-76H2,1-2H3,(H,81,84)/b14-12-,20-18-,27-25-,72-68+. The quantitative estimate of drug-likeness (QED) is 0.0320. The van der Waals surface area contributed by atoms with Gasteiger partial charge in [0.1, 0.15) is 0 Å². The lowest BCUT2D eigenvalue weighted by molar-refractivity contribution is -0.143. The number of carbonyl (C=O) groups excluding carboxylic acids is 2. The largest absolute Gasteiger partial charge is 0.466 e. The number of amides is 1. The number of aliphatic hydroxyl groups excluding tert-OH is 2. The van der Waals surface area contributed by atoms with Gasteiger partial charge in [-0.05, 0) is 89.9 Å². The lowest BCUT2D eigenvalue weighted by Gasteiger charge is -2.20. The second kappa shape index (κ2) is 75.3. The van der Waals surface area contributed by atoms with Crippen molar-refractivity contribution in [2.24, 2.45) is 0 Å². The third-order valence-corrected chi connectivity index (χ3v) is 18.1. The molecule has 0 spiro atoms. The van der Waals surface area contributed by atoms with Crippen molar-refractivity contribution >= 4 is 11.9 Å². The van der Waals surface area contributed by atoms with E-state index in [1.807, 2.05) is 6.08 Å². The SMILES string of the molecule is CCCCC/C=C\C/C=C\CCCCCCCCCCCC(=O)OCCCCCCCCCCCCCC/C=C\CCCCCCCCCCCCCCCCC(=O)NC(CO)C(O)/C=C/CCCCCCCCCCCCCCCCCCCC. The first-order valence-electron chi connectivity index (χ1n) is 38.9. The Bertz CT molecular complexity index is 1440. The minimum absolute atomic E-state index is 0.0135. The normalized spacial score (nSPS) is 12.7. The van der Waals surface area contributed by atoms with Crippen molar-refractivity contribution in [1.82, 2.24) is 5.32 Å². The molecule has 0 saturated carbocycles. The number of rotatable bonds is 73. The number of allylic oxidation sites excluding steroid dienone is 7. The van der Waals surface area contributed by atoms with Gasteiger partial charge in [0.25, 0.3) is 0 Å². The number of nitrogens with one attached hydrogen (secondary N) is 1. The molecule has 506 valence electrons. The van der Waals surface area contributed by atoms with Crippen LogP contribution in [0.2, 0.25) is 0 Å². The Balaban J connectivity index is 3.38. The molecule has 6 nitrogen and oxygen atoms in total. The maximum atomic E-state index is 12.5. The average Bonchev–Trinajstić information content (AvgIpc) is 3.54. The molecule has 3 N–H and O–H groups in total. The molecule has 2 unspecified atom stereocenters. The van der Waals surface area contributed by atoms with Gasteiger partial charge in [-0.1, -0.05) is 371 Å². The Morgan fingerprint density at radius 2 is 0.581 bits per heavy atom. The van der Waals surface area contributed by atoms with Crippen molar-refractivity contribution in [3.05, 3.63) is 48.6 Å². The Morgan fingerprint density at radius 3 is 0.919 bits per heavy atom. The summed E-state index contributed by atoms with van der Waals surface area (Å²) in [6.07, 6.45) is 99.3. The fourth-order valence-corrected chi connectivity index (χ4v) is 12.1. The molecule has 0 aromatic carbocycles. The number of hydrogen-bond acceptors (Lipinski definition) is 5. The van der Waals surface area contributed by atoms with Crippen LogP contribution in [0.3, 0.4) is 0 Å². The second-order valence-electron chi connectivity index (χ2n) is 26.7. The maximum absolute atomic E-state index is 12.5. The molecule has 0 aliphatic carbocycles. The molecule has 6 heteroatoms. The number of hydrogen-bond donors (Lipinski definition) is 3. The molecule has 0 aliphatic rings. The third kappa shape index (κ3) is 70.9. The minimum Gasteiger partial charge on any atom is -0.466 e. The molecule has 0 bridgehead atoms. The summed E-state index contributed by atoms with van der Waals surface area (Å²) in [4.78, 5) is 24.7. The van der Waals surface area contributed by atoms with Crippen molar-refractivity contribution in [1.29, 1.82) is 0 Å². The molecule has 0 rings (SSSR count). The van der Waals surface area contributed by atoms with Gasteiger partial charge < -0.3 is 20.3 Å². The summed E-state index contributed by atoms with van der Waals surface area (Å²) in [5.41, 5.74) is 0. The van der Waals surface area contributed by atoms with E-state index in [-0.39, 0.29) is 18.5 Å². The highest BCUT2D eigenvalue weighted by Gasteiger charge is 2.18. The smallest absolute Gasteiger partial charge is 0.305 e. The molecule has 0 saturated heterocycles. The van der Waals surface area contributed by atoms with Crippen molar-refractivity contribution in [2.75, 3.05) is 13.2 Å². The first kappa shape index (κ1) is 83.8. The van der Waals surface area contributed by atoms with Crippen LogP contribution >= 0.6 is 0 Å². The minimum atomic E-state index is -0.845. The molecule has 86 heavy (non-hydrogen) atoms. The number of ether oxygens (including phenoxy) is 1.